The maximum Gasteiger partial charge on any atom is 0.420 e. The van der Waals surface area contributed by atoms with E-state index in [1.807, 2.05) is 6.92 Å². The summed E-state index contributed by atoms with van der Waals surface area (Å²) in [6, 6.07) is 3.60. The van der Waals surface area contributed by atoms with Gasteiger partial charge in [-0.3, -0.25) is 0 Å². The lowest BCUT2D eigenvalue weighted by atomic mass is 9.90. The Balaban J connectivity index is 1.98. The molecule has 3 rings (SSSR count). The third kappa shape index (κ3) is 4.93. The summed E-state index contributed by atoms with van der Waals surface area (Å²) in [6.45, 7) is 2.17. The summed E-state index contributed by atoms with van der Waals surface area (Å²) in [4.78, 5) is 0. The van der Waals surface area contributed by atoms with Crippen molar-refractivity contribution in [3.8, 4) is 11.5 Å². The fourth-order valence-corrected chi connectivity index (χ4v) is 3.77. The van der Waals surface area contributed by atoms with Crippen molar-refractivity contribution in [3.63, 3.8) is 0 Å². The standard InChI is InChI=1S/C22H25F5O2/c1-2-3-11-28-16-10-9-15-12-17(29-13-14-7-5-4-6-8-14)20(23)21(24)18(15)19(16)22(25,26)27/h9-10,12,14H,2-8,11,13H2,1H3. The molecule has 0 heterocycles. The first-order valence-corrected chi connectivity index (χ1v) is 10.1. The zero-order valence-corrected chi connectivity index (χ0v) is 16.4. The highest BCUT2D eigenvalue weighted by atomic mass is 19.4. The van der Waals surface area contributed by atoms with Crippen molar-refractivity contribution in [1.29, 1.82) is 0 Å². The number of fused-ring (bicyclic) bond motifs is 1. The quantitative estimate of drug-likeness (QED) is 0.349. The molecule has 1 fully saturated rings. The lowest BCUT2D eigenvalue weighted by Gasteiger charge is -2.22. The van der Waals surface area contributed by atoms with Crippen LogP contribution in [0.3, 0.4) is 0 Å². The molecule has 1 aliphatic rings. The van der Waals surface area contributed by atoms with Crippen LogP contribution in [0, 0.1) is 17.6 Å². The molecule has 160 valence electrons. The Kier molecular flexibility index (Phi) is 6.85. The zero-order valence-electron chi connectivity index (χ0n) is 16.4. The van der Waals surface area contributed by atoms with Crippen molar-refractivity contribution in [1.82, 2.24) is 0 Å². The Hall–Kier alpha value is -2.05. The van der Waals surface area contributed by atoms with Gasteiger partial charge in [0.1, 0.15) is 11.3 Å². The van der Waals surface area contributed by atoms with Gasteiger partial charge in [-0.15, -0.1) is 0 Å². The first-order valence-electron chi connectivity index (χ1n) is 10.1. The largest absolute Gasteiger partial charge is 0.493 e. The first kappa shape index (κ1) is 21.7. The van der Waals surface area contributed by atoms with E-state index in [1.54, 1.807) is 0 Å². The molecule has 0 amide bonds. The lowest BCUT2D eigenvalue weighted by molar-refractivity contribution is -0.137. The van der Waals surface area contributed by atoms with E-state index in [1.165, 1.54) is 6.07 Å². The van der Waals surface area contributed by atoms with Crippen molar-refractivity contribution in [2.75, 3.05) is 13.2 Å². The Morgan fingerprint density at radius 2 is 1.69 bits per heavy atom. The third-order valence-electron chi connectivity index (χ3n) is 5.35. The van der Waals surface area contributed by atoms with Crippen LogP contribution in [0.2, 0.25) is 0 Å². The Morgan fingerprint density at radius 3 is 2.34 bits per heavy atom. The normalized spacial score (nSPS) is 15.7. The molecule has 1 saturated carbocycles. The van der Waals surface area contributed by atoms with Crippen LogP contribution in [-0.4, -0.2) is 13.2 Å². The van der Waals surface area contributed by atoms with Gasteiger partial charge < -0.3 is 9.47 Å². The molecule has 0 bridgehead atoms. The van der Waals surface area contributed by atoms with Gasteiger partial charge in [-0.2, -0.15) is 17.6 Å². The van der Waals surface area contributed by atoms with Gasteiger partial charge in [0.15, 0.2) is 11.6 Å². The van der Waals surface area contributed by atoms with Gasteiger partial charge in [0.2, 0.25) is 5.82 Å². The second kappa shape index (κ2) is 9.18. The minimum Gasteiger partial charge on any atom is -0.493 e. The highest BCUT2D eigenvalue weighted by Gasteiger charge is 2.38. The molecule has 2 aromatic carbocycles. The average molecular weight is 416 g/mol. The summed E-state index contributed by atoms with van der Waals surface area (Å²) < 4.78 is 81.1. The van der Waals surface area contributed by atoms with Crippen LogP contribution in [0.4, 0.5) is 22.0 Å². The second-order valence-corrected chi connectivity index (χ2v) is 7.55. The van der Waals surface area contributed by atoms with Gasteiger partial charge in [0.05, 0.1) is 13.2 Å². The van der Waals surface area contributed by atoms with Gasteiger partial charge in [-0.1, -0.05) is 38.7 Å². The van der Waals surface area contributed by atoms with Gasteiger partial charge in [0, 0.05) is 5.39 Å². The first-order chi connectivity index (χ1) is 13.8. The maximum absolute atomic E-state index is 14.8. The number of halogens is 5. The Morgan fingerprint density at radius 1 is 0.966 bits per heavy atom. The van der Waals surface area contributed by atoms with Gasteiger partial charge in [-0.05, 0) is 42.7 Å². The van der Waals surface area contributed by atoms with E-state index < -0.39 is 34.5 Å². The van der Waals surface area contributed by atoms with Crippen molar-refractivity contribution in [3.05, 3.63) is 35.4 Å². The summed E-state index contributed by atoms with van der Waals surface area (Å²) >= 11 is 0. The van der Waals surface area contributed by atoms with Gasteiger partial charge >= 0.3 is 6.18 Å². The van der Waals surface area contributed by atoms with Crippen LogP contribution in [0.1, 0.15) is 57.4 Å². The fraction of sp³-hybridized carbons (Fsp3) is 0.545. The topological polar surface area (TPSA) is 18.5 Å². The summed E-state index contributed by atoms with van der Waals surface area (Å²) in [7, 11) is 0. The SMILES string of the molecule is CCCCOc1ccc2cc(OCC3CCCCC3)c(F)c(F)c2c1C(F)(F)F. The number of hydrogen-bond donors (Lipinski definition) is 0. The molecule has 0 aromatic heterocycles. The van der Waals surface area contributed by atoms with Crippen molar-refractivity contribution in [2.24, 2.45) is 5.92 Å². The molecule has 0 unspecified atom stereocenters. The van der Waals surface area contributed by atoms with Gasteiger partial charge in [-0.25, -0.2) is 4.39 Å². The number of ether oxygens (including phenoxy) is 2. The van der Waals surface area contributed by atoms with Crippen LogP contribution >= 0.6 is 0 Å². The summed E-state index contributed by atoms with van der Waals surface area (Å²) in [6.07, 6.45) is 1.59. The van der Waals surface area contributed by atoms with Crippen LogP contribution < -0.4 is 9.47 Å². The van der Waals surface area contributed by atoms with E-state index in [0.29, 0.717) is 6.42 Å². The molecular formula is C22H25F5O2. The minimum absolute atomic E-state index is 0.0672. The Bertz CT molecular complexity index is 841. The molecular weight excluding hydrogens is 391 g/mol. The average Bonchev–Trinajstić information content (AvgIpc) is 2.69. The van der Waals surface area contributed by atoms with Crippen molar-refractivity contribution < 1.29 is 31.4 Å². The molecule has 2 aromatic rings. The van der Waals surface area contributed by atoms with Crippen LogP contribution in [0.25, 0.3) is 10.8 Å². The van der Waals surface area contributed by atoms with Crippen molar-refractivity contribution >= 4 is 10.8 Å². The third-order valence-corrected chi connectivity index (χ3v) is 5.35. The molecule has 0 atom stereocenters. The maximum atomic E-state index is 14.8. The van der Waals surface area contributed by atoms with Crippen molar-refractivity contribution in [2.45, 2.75) is 58.0 Å². The number of unbranched alkanes of at least 4 members (excludes halogenated alkanes) is 1. The second-order valence-electron chi connectivity index (χ2n) is 7.55. The number of alkyl halides is 3. The minimum atomic E-state index is -4.89. The molecule has 7 heteroatoms. The summed E-state index contributed by atoms with van der Waals surface area (Å²) in [5.41, 5.74) is -1.29. The van der Waals surface area contributed by atoms with E-state index in [0.717, 1.165) is 50.7 Å². The number of hydrogen-bond acceptors (Lipinski definition) is 2. The van der Waals surface area contributed by atoms with E-state index in [-0.39, 0.29) is 30.3 Å². The molecule has 29 heavy (non-hydrogen) atoms. The number of rotatable bonds is 7. The predicted molar refractivity (Wildman–Crippen MR) is 101 cm³/mol. The number of benzene rings is 2. The molecule has 0 aliphatic heterocycles. The van der Waals surface area contributed by atoms with Crippen LogP contribution in [0.15, 0.2) is 18.2 Å². The fourth-order valence-electron chi connectivity index (χ4n) is 3.77. The lowest BCUT2D eigenvalue weighted by Crippen LogP contribution is -2.16. The molecule has 2 nitrogen and oxygen atoms in total. The van der Waals surface area contributed by atoms with Crippen LogP contribution in [0.5, 0.6) is 11.5 Å². The molecule has 0 saturated heterocycles. The molecule has 0 radical (unpaired) electrons. The molecule has 0 N–H and O–H groups in total. The smallest absolute Gasteiger partial charge is 0.420 e. The highest BCUT2D eigenvalue weighted by molar-refractivity contribution is 5.90. The summed E-state index contributed by atoms with van der Waals surface area (Å²) in [5.74, 6) is -3.55. The Labute approximate surface area is 167 Å². The molecule has 0 spiro atoms. The van der Waals surface area contributed by atoms with E-state index in [4.69, 9.17) is 9.47 Å². The van der Waals surface area contributed by atoms with E-state index >= 15 is 0 Å². The van der Waals surface area contributed by atoms with Gasteiger partial charge in [0.25, 0.3) is 0 Å². The van der Waals surface area contributed by atoms with Crippen LogP contribution in [-0.2, 0) is 6.18 Å². The zero-order chi connectivity index (χ0) is 21.0. The van der Waals surface area contributed by atoms with E-state index in [2.05, 4.69) is 0 Å². The summed E-state index contributed by atoms with van der Waals surface area (Å²) in [5, 5.41) is -0.897. The predicted octanol–water partition coefficient (Wildman–Crippen LogP) is 7.27. The monoisotopic (exact) mass is 416 g/mol. The highest BCUT2D eigenvalue weighted by Crippen LogP contribution is 2.44. The molecule has 1 aliphatic carbocycles. The van der Waals surface area contributed by atoms with E-state index in [9.17, 15) is 22.0 Å².